The fraction of sp³-hybridized carbons (Fsp3) is 0.769. The first-order valence-electron chi connectivity index (χ1n) is 6.38. The minimum Gasteiger partial charge on any atom is -0.390 e. The maximum absolute atomic E-state index is 10.5. The van der Waals surface area contributed by atoms with Crippen molar-refractivity contribution in [3.05, 3.63) is 18.2 Å². The summed E-state index contributed by atoms with van der Waals surface area (Å²) < 4.78 is 2.04. The van der Waals surface area contributed by atoms with Crippen LogP contribution >= 0.6 is 0 Å². The van der Waals surface area contributed by atoms with Crippen LogP contribution in [0.5, 0.6) is 0 Å². The summed E-state index contributed by atoms with van der Waals surface area (Å²) in [5.41, 5.74) is -0.428. The van der Waals surface area contributed by atoms with Gasteiger partial charge in [0.1, 0.15) is 5.82 Å². The molecule has 1 N–H and O–H groups in total. The third kappa shape index (κ3) is 2.85. The molecule has 1 heterocycles. The van der Waals surface area contributed by atoms with Crippen molar-refractivity contribution in [2.45, 2.75) is 57.0 Å². The number of aryl methyl sites for hydroxylation is 2. The zero-order valence-electron chi connectivity index (χ0n) is 10.2. The van der Waals surface area contributed by atoms with Gasteiger partial charge in [0.05, 0.1) is 5.60 Å². The summed E-state index contributed by atoms with van der Waals surface area (Å²) in [5.74, 6) is 1.08. The van der Waals surface area contributed by atoms with Gasteiger partial charge in [0.2, 0.25) is 0 Å². The molecule has 0 saturated heterocycles. The highest BCUT2D eigenvalue weighted by atomic mass is 16.3. The summed E-state index contributed by atoms with van der Waals surface area (Å²) in [6.45, 7) is 0. The van der Waals surface area contributed by atoms with Crippen LogP contribution in [0.3, 0.4) is 0 Å². The minimum atomic E-state index is -0.428. The van der Waals surface area contributed by atoms with E-state index in [2.05, 4.69) is 4.98 Å². The van der Waals surface area contributed by atoms with Crippen molar-refractivity contribution in [2.24, 2.45) is 7.05 Å². The molecule has 0 bridgehead atoms. The van der Waals surface area contributed by atoms with Crippen LogP contribution < -0.4 is 0 Å². The Morgan fingerprint density at radius 1 is 1.31 bits per heavy atom. The van der Waals surface area contributed by atoms with E-state index < -0.39 is 5.60 Å². The van der Waals surface area contributed by atoms with Crippen LogP contribution in [0.1, 0.15) is 50.8 Å². The monoisotopic (exact) mass is 222 g/mol. The van der Waals surface area contributed by atoms with Crippen molar-refractivity contribution >= 4 is 0 Å². The second-order valence-electron chi connectivity index (χ2n) is 5.09. The molecule has 0 amide bonds. The van der Waals surface area contributed by atoms with Crippen molar-refractivity contribution in [3.63, 3.8) is 0 Å². The standard InChI is InChI=1S/C13H22N2O/c1-15-11-10-14-12(15)6-9-13(16)7-4-2-3-5-8-13/h10-11,16H,2-9H2,1H3. The van der Waals surface area contributed by atoms with Crippen LogP contribution in [0.25, 0.3) is 0 Å². The molecule has 1 fully saturated rings. The van der Waals surface area contributed by atoms with E-state index in [0.717, 1.165) is 31.5 Å². The van der Waals surface area contributed by atoms with E-state index in [9.17, 15) is 5.11 Å². The molecule has 0 spiro atoms. The summed E-state index contributed by atoms with van der Waals surface area (Å²) in [6.07, 6.45) is 12.4. The second-order valence-corrected chi connectivity index (χ2v) is 5.09. The van der Waals surface area contributed by atoms with Gasteiger partial charge in [-0.2, -0.15) is 0 Å². The molecular weight excluding hydrogens is 200 g/mol. The van der Waals surface area contributed by atoms with Gasteiger partial charge in [-0.05, 0) is 19.3 Å². The van der Waals surface area contributed by atoms with E-state index in [4.69, 9.17) is 0 Å². The molecule has 90 valence electrons. The summed E-state index contributed by atoms with van der Waals surface area (Å²) in [6, 6.07) is 0. The van der Waals surface area contributed by atoms with Gasteiger partial charge in [-0.1, -0.05) is 25.7 Å². The van der Waals surface area contributed by atoms with Gasteiger partial charge in [0, 0.05) is 25.9 Å². The Labute approximate surface area is 97.5 Å². The van der Waals surface area contributed by atoms with Gasteiger partial charge in [0.15, 0.2) is 0 Å². The Bertz CT molecular complexity index is 324. The smallest absolute Gasteiger partial charge is 0.108 e. The average molecular weight is 222 g/mol. The van der Waals surface area contributed by atoms with Crippen LogP contribution in [0.4, 0.5) is 0 Å². The fourth-order valence-corrected chi connectivity index (χ4v) is 2.62. The Morgan fingerprint density at radius 3 is 2.56 bits per heavy atom. The Kier molecular flexibility index (Phi) is 3.64. The maximum atomic E-state index is 10.5. The van der Waals surface area contributed by atoms with Crippen molar-refractivity contribution < 1.29 is 5.11 Å². The summed E-state index contributed by atoms with van der Waals surface area (Å²) >= 11 is 0. The number of aliphatic hydroxyl groups is 1. The van der Waals surface area contributed by atoms with Gasteiger partial charge in [-0.25, -0.2) is 4.98 Å². The average Bonchev–Trinajstić information content (AvgIpc) is 2.54. The lowest BCUT2D eigenvalue weighted by Crippen LogP contribution is -2.28. The van der Waals surface area contributed by atoms with E-state index in [1.165, 1.54) is 25.7 Å². The van der Waals surface area contributed by atoms with Gasteiger partial charge in [-0.15, -0.1) is 0 Å². The first kappa shape index (κ1) is 11.6. The fourth-order valence-electron chi connectivity index (χ4n) is 2.62. The molecule has 1 aromatic rings. The number of rotatable bonds is 3. The normalized spacial score (nSPS) is 20.6. The molecular formula is C13H22N2O. The lowest BCUT2D eigenvalue weighted by molar-refractivity contribution is 0.0161. The molecule has 0 aliphatic heterocycles. The van der Waals surface area contributed by atoms with Gasteiger partial charge in [0.25, 0.3) is 0 Å². The Balaban J connectivity index is 1.90. The third-order valence-electron chi connectivity index (χ3n) is 3.77. The Morgan fingerprint density at radius 2 is 2.00 bits per heavy atom. The third-order valence-corrected chi connectivity index (χ3v) is 3.77. The van der Waals surface area contributed by atoms with E-state index in [-0.39, 0.29) is 0 Å². The molecule has 0 unspecified atom stereocenters. The van der Waals surface area contributed by atoms with E-state index in [0.29, 0.717) is 0 Å². The number of aromatic nitrogens is 2. The first-order chi connectivity index (χ1) is 7.70. The van der Waals surface area contributed by atoms with Crippen LogP contribution in [0, 0.1) is 0 Å². The van der Waals surface area contributed by atoms with E-state index >= 15 is 0 Å². The number of nitrogens with zero attached hydrogens (tertiary/aromatic N) is 2. The topological polar surface area (TPSA) is 38.0 Å². The predicted molar refractivity (Wildman–Crippen MR) is 64.2 cm³/mol. The van der Waals surface area contributed by atoms with E-state index in [1.54, 1.807) is 0 Å². The number of hydrogen-bond acceptors (Lipinski definition) is 2. The summed E-state index contributed by atoms with van der Waals surface area (Å²) in [7, 11) is 2.01. The molecule has 0 aromatic carbocycles. The molecule has 3 heteroatoms. The molecule has 1 aromatic heterocycles. The molecule has 3 nitrogen and oxygen atoms in total. The highest BCUT2D eigenvalue weighted by molar-refractivity contribution is 4.94. The van der Waals surface area contributed by atoms with Crippen molar-refractivity contribution in [2.75, 3.05) is 0 Å². The van der Waals surface area contributed by atoms with Crippen molar-refractivity contribution in [1.29, 1.82) is 0 Å². The highest BCUT2D eigenvalue weighted by Gasteiger charge is 2.27. The van der Waals surface area contributed by atoms with Crippen molar-refractivity contribution in [1.82, 2.24) is 9.55 Å². The van der Waals surface area contributed by atoms with Crippen molar-refractivity contribution in [3.8, 4) is 0 Å². The molecule has 0 radical (unpaired) electrons. The summed E-state index contributed by atoms with van der Waals surface area (Å²) in [4.78, 5) is 4.31. The highest BCUT2D eigenvalue weighted by Crippen LogP contribution is 2.30. The van der Waals surface area contributed by atoms with Gasteiger partial charge < -0.3 is 9.67 Å². The number of hydrogen-bond donors (Lipinski definition) is 1. The zero-order valence-corrected chi connectivity index (χ0v) is 10.2. The predicted octanol–water partition coefficient (Wildman–Crippen LogP) is 2.44. The zero-order chi connectivity index (χ0) is 11.4. The first-order valence-corrected chi connectivity index (χ1v) is 6.38. The Hall–Kier alpha value is -0.830. The number of imidazole rings is 1. The van der Waals surface area contributed by atoms with Crippen LogP contribution in [0.15, 0.2) is 12.4 Å². The molecule has 1 aliphatic rings. The second kappa shape index (κ2) is 5.00. The van der Waals surface area contributed by atoms with Crippen LogP contribution in [-0.2, 0) is 13.5 Å². The minimum absolute atomic E-state index is 0.428. The van der Waals surface area contributed by atoms with Gasteiger partial charge >= 0.3 is 0 Å². The molecule has 0 atom stereocenters. The SMILES string of the molecule is Cn1ccnc1CCC1(O)CCCCCC1. The van der Waals surface area contributed by atoms with Crippen LogP contribution in [-0.4, -0.2) is 20.3 Å². The van der Waals surface area contributed by atoms with Gasteiger partial charge in [-0.3, -0.25) is 0 Å². The van der Waals surface area contributed by atoms with E-state index in [1.807, 2.05) is 24.0 Å². The lowest BCUT2D eigenvalue weighted by Gasteiger charge is -2.26. The largest absolute Gasteiger partial charge is 0.390 e. The summed E-state index contributed by atoms with van der Waals surface area (Å²) in [5, 5.41) is 10.5. The quantitative estimate of drug-likeness (QED) is 0.798. The maximum Gasteiger partial charge on any atom is 0.108 e. The molecule has 1 saturated carbocycles. The molecule has 1 aliphatic carbocycles. The molecule has 16 heavy (non-hydrogen) atoms. The molecule has 2 rings (SSSR count). The van der Waals surface area contributed by atoms with Crippen LogP contribution in [0.2, 0.25) is 0 Å². The lowest BCUT2D eigenvalue weighted by atomic mass is 9.89.